The van der Waals surface area contributed by atoms with Crippen LogP contribution in [0.15, 0.2) is 18.2 Å². The lowest BCUT2D eigenvalue weighted by Crippen LogP contribution is -1.98. The van der Waals surface area contributed by atoms with Crippen molar-refractivity contribution in [1.29, 1.82) is 0 Å². The van der Waals surface area contributed by atoms with Gasteiger partial charge < -0.3 is 14.6 Å². The predicted molar refractivity (Wildman–Crippen MR) is 53.8 cm³/mol. The average Bonchev–Trinajstić information content (AvgIpc) is 2.22. The van der Waals surface area contributed by atoms with Crippen molar-refractivity contribution < 1.29 is 14.6 Å². The molecule has 1 aromatic rings. The van der Waals surface area contributed by atoms with E-state index in [1.807, 2.05) is 6.92 Å². The molecule has 0 heterocycles. The smallest absolute Gasteiger partial charge is 0.160 e. The zero-order valence-electron chi connectivity index (χ0n) is 8.36. The number of benzene rings is 1. The third-order valence-electron chi connectivity index (χ3n) is 2.24. The van der Waals surface area contributed by atoms with Gasteiger partial charge in [-0.25, -0.2) is 0 Å². The summed E-state index contributed by atoms with van der Waals surface area (Å²) in [5.41, 5.74) is 0.872. The lowest BCUT2D eigenvalue weighted by atomic mass is 9.98. The van der Waals surface area contributed by atoms with E-state index in [0.29, 0.717) is 5.75 Å². The molecule has 0 fully saturated rings. The van der Waals surface area contributed by atoms with E-state index < -0.39 is 0 Å². The Labute approximate surface area is 83.3 Å². The molecule has 0 radical (unpaired) electrons. The summed E-state index contributed by atoms with van der Waals surface area (Å²) in [4.78, 5) is 10.7. The monoisotopic (exact) mass is 194 g/mol. The highest BCUT2D eigenvalue weighted by atomic mass is 16.5. The van der Waals surface area contributed by atoms with E-state index in [1.54, 1.807) is 18.2 Å². The van der Waals surface area contributed by atoms with Gasteiger partial charge in [0, 0.05) is 5.92 Å². The SMILES string of the molecule is CCC(C=O)c1ccc(O)c(OC)c1. The van der Waals surface area contributed by atoms with Gasteiger partial charge in [-0.05, 0) is 24.1 Å². The van der Waals surface area contributed by atoms with Crippen molar-refractivity contribution in [2.45, 2.75) is 19.3 Å². The predicted octanol–water partition coefficient (Wildman–Crippen LogP) is 2.09. The van der Waals surface area contributed by atoms with E-state index in [9.17, 15) is 9.90 Å². The number of hydrogen-bond donors (Lipinski definition) is 1. The Balaban J connectivity index is 3.04. The number of rotatable bonds is 4. The Bertz CT molecular complexity index is 320. The fourth-order valence-corrected chi connectivity index (χ4v) is 1.34. The van der Waals surface area contributed by atoms with Crippen LogP contribution in [0.5, 0.6) is 11.5 Å². The van der Waals surface area contributed by atoms with Gasteiger partial charge in [-0.2, -0.15) is 0 Å². The molecular formula is C11H14O3. The normalized spacial score (nSPS) is 12.1. The van der Waals surface area contributed by atoms with Crippen molar-refractivity contribution in [3.8, 4) is 11.5 Å². The van der Waals surface area contributed by atoms with Crippen LogP contribution in [0.25, 0.3) is 0 Å². The van der Waals surface area contributed by atoms with Gasteiger partial charge in [0.15, 0.2) is 11.5 Å². The number of hydrogen-bond acceptors (Lipinski definition) is 3. The summed E-state index contributed by atoms with van der Waals surface area (Å²) < 4.78 is 4.96. The summed E-state index contributed by atoms with van der Waals surface area (Å²) in [5.74, 6) is 0.379. The quantitative estimate of drug-likeness (QED) is 0.746. The number of aromatic hydroxyl groups is 1. The fourth-order valence-electron chi connectivity index (χ4n) is 1.34. The molecule has 14 heavy (non-hydrogen) atoms. The molecule has 0 aromatic heterocycles. The van der Waals surface area contributed by atoms with Crippen molar-refractivity contribution in [3.05, 3.63) is 23.8 Å². The molecule has 1 N–H and O–H groups in total. The number of aldehydes is 1. The summed E-state index contributed by atoms with van der Waals surface area (Å²) in [6, 6.07) is 4.97. The lowest BCUT2D eigenvalue weighted by molar-refractivity contribution is -0.109. The van der Waals surface area contributed by atoms with Crippen LogP contribution in [0.1, 0.15) is 24.8 Å². The standard InChI is InChI=1S/C11H14O3/c1-3-8(7-12)9-4-5-10(13)11(6-9)14-2/h4-8,13H,3H2,1-2H3. The second kappa shape index (κ2) is 4.65. The number of phenols is 1. The number of methoxy groups -OCH3 is 1. The highest BCUT2D eigenvalue weighted by molar-refractivity contribution is 5.63. The van der Waals surface area contributed by atoms with Crippen LogP contribution in [-0.4, -0.2) is 18.5 Å². The summed E-state index contributed by atoms with van der Waals surface area (Å²) in [6.45, 7) is 1.94. The van der Waals surface area contributed by atoms with Crippen LogP contribution < -0.4 is 4.74 Å². The van der Waals surface area contributed by atoms with E-state index in [1.165, 1.54) is 7.11 Å². The molecule has 0 saturated heterocycles. The molecule has 0 saturated carbocycles. The largest absolute Gasteiger partial charge is 0.504 e. The zero-order valence-corrected chi connectivity index (χ0v) is 8.36. The van der Waals surface area contributed by atoms with Gasteiger partial charge in [-0.1, -0.05) is 13.0 Å². The molecule has 3 heteroatoms. The summed E-state index contributed by atoms with van der Waals surface area (Å²) in [7, 11) is 1.49. The highest BCUT2D eigenvalue weighted by Gasteiger charge is 2.10. The minimum Gasteiger partial charge on any atom is -0.504 e. The summed E-state index contributed by atoms with van der Waals surface area (Å²) in [6.07, 6.45) is 1.66. The summed E-state index contributed by atoms with van der Waals surface area (Å²) >= 11 is 0. The van der Waals surface area contributed by atoms with Crippen molar-refractivity contribution >= 4 is 6.29 Å². The van der Waals surface area contributed by atoms with E-state index in [-0.39, 0.29) is 11.7 Å². The number of phenolic OH excluding ortho intramolecular Hbond substituents is 1. The van der Waals surface area contributed by atoms with Gasteiger partial charge in [0.2, 0.25) is 0 Å². The minimum atomic E-state index is -0.121. The molecule has 0 aliphatic rings. The van der Waals surface area contributed by atoms with E-state index in [4.69, 9.17) is 4.74 Å². The molecule has 1 unspecified atom stereocenters. The first-order valence-corrected chi connectivity index (χ1v) is 4.55. The molecule has 0 aliphatic carbocycles. The molecular weight excluding hydrogens is 180 g/mol. The molecule has 0 aliphatic heterocycles. The third kappa shape index (κ3) is 2.05. The molecule has 76 valence electrons. The third-order valence-corrected chi connectivity index (χ3v) is 2.24. The first-order valence-electron chi connectivity index (χ1n) is 4.55. The Kier molecular flexibility index (Phi) is 3.51. The first kappa shape index (κ1) is 10.6. The maximum absolute atomic E-state index is 10.7. The Morgan fingerprint density at radius 3 is 2.79 bits per heavy atom. The minimum absolute atomic E-state index is 0.0944. The summed E-state index contributed by atoms with van der Waals surface area (Å²) in [5, 5.41) is 9.35. The second-order valence-electron chi connectivity index (χ2n) is 3.08. The molecule has 0 bridgehead atoms. The number of carbonyl (C=O) groups is 1. The van der Waals surface area contributed by atoms with Gasteiger partial charge in [-0.3, -0.25) is 0 Å². The van der Waals surface area contributed by atoms with Crippen molar-refractivity contribution in [2.24, 2.45) is 0 Å². The molecule has 1 aromatic carbocycles. The van der Waals surface area contributed by atoms with E-state index in [0.717, 1.165) is 18.3 Å². The molecule has 0 amide bonds. The van der Waals surface area contributed by atoms with E-state index in [2.05, 4.69) is 0 Å². The average molecular weight is 194 g/mol. The van der Waals surface area contributed by atoms with Gasteiger partial charge in [0.05, 0.1) is 7.11 Å². The lowest BCUT2D eigenvalue weighted by Gasteiger charge is -2.10. The topological polar surface area (TPSA) is 46.5 Å². The van der Waals surface area contributed by atoms with Crippen LogP contribution >= 0.6 is 0 Å². The highest BCUT2D eigenvalue weighted by Crippen LogP contribution is 2.29. The maximum Gasteiger partial charge on any atom is 0.160 e. The molecule has 1 rings (SSSR count). The van der Waals surface area contributed by atoms with Gasteiger partial charge in [0.25, 0.3) is 0 Å². The second-order valence-corrected chi connectivity index (χ2v) is 3.08. The van der Waals surface area contributed by atoms with Crippen LogP contribution in [0.3, 0.4) is 0 Å². The van der Waals surface area contributed by atoms with Crippen molar-refractivity contribution in [3.63, 3.8) is 0 Å². The Morgan fingerprint density at radius 1 is 1.57 bits per heavy atom. The Hall–Kier alpha value is -1.51. The molecule has 0 spiro atoms. The van der Waals surface area contributed by atoms with Crippen molar-refractivity contribution in [2.75, 3.05) is 7.11 Å². The van der Waals surface area contributed by atoms with Crippen LogP contribution in [0.2, 0.25) is 0 Å². The van der Waals surface area contributed by atoms with Gasteiger partial charge in [-0.15, -0.1) is 0 Å². The Morgan fingerprint density at radius 2 is 2.29 bits per heavy atom. The van der Waals surface area contributed by atoms with Crippen LogP contribution in [0, 0.1) is 0 Å². The molecule has 3 nitrogen and oxygen atoms in total. The maximum atomic E-state index is 10.7. The van der Waals surface area contributed by atoms with E-state index >= 15 is 0 Å². The number of ether oxygens (including phenoxy) is 1. The van der Waals surface area contributed by atoms with Gasteiger partial charge in [0.1, 0.15) is 6.29 Å². The number of carbonyl (C=O) groups excluding carboxylic acids is 1. The first-order chi connectivity index (χ1) is 6.72. The van der Waals surface area contributed by atoms with Crippen LogP contribution in [0.4, 0.5) is 0 Å². The zero-order chi connectivity index (χ0) is 10.6. The van der Waals surface area contributed by atoms with Gasteiger partial charge >= 0.3 is 0 Å². The fraction of sp³-hybridized carbons (Fsp3) is 0.364. The van der Waals surface area contributed by atoms with Crippen molar-refractivity contribution in [1.82, 2.24) is 0 Å². The van der Waals surface area contributed by atoms with Crippen LogP contribution in [-0.2, 0) is 4.79 Å². The molecule has 1 atom stereocenters.